The molecule has 0 radical (unpaired) electrons. The molecule has 1 heterocycles. The van der Waals surface area contributed by atoms with Crippen LogP contribution in [0.4, 0.5) is 4.39 Å². The molecule has 0 fully saturated rings. The predicted molar refractivity (Wildman–Crippen MR) is 97.7 cm³/mol. The summed E-state index contributed by atoms with van der Waals surface area (Å²) in [7, 11) is 0. The molecule has 0 saturated heterocycles. The highest BCUT2D eigenvalue weighted by molar-refractivity contribution is 5.93. The standard InChI is InChI=1S/C21H23FN2/c1-12(2)8-16-6-7-19-18(10-16)21(24-11-23-19)17-9-13(3)20(22)15(5)14(17)4/h6-7,9-12H,8H2,1-5H3. The Bertz CT molecular complexity index is 913. The number of benzene rings is 2. The molecule has 0 amide bonds. The number of aromatic nitrogens is 2. The zero-order valence-electron chi connectivity index (χ0n) is 14.9. The number of hydrogen-bond donors (Lipinski definition) is 0. The third kappa shape index (κ3) is 2.91. The lowest BCUT2D eigenvalue weighted by Crippen LogP contribution is -1.99. The average Bonchev–Trinajstić information content (AvgIpc) is 2.55. The average molecular weight is 322 g/mol. The normalized spacial score (nSPS) is 11.5. The van der Waals surface area contributed by atoms with E-state index in [-0.39, 0.29) is 5.82 Å². The molecule has 2 nitrogen and oxygen atoms in total. The third-order valence-corrected chi connectivity index (χ3v) is 4.60. The minimum atomic E-state index is -0.130. The van der Waals surface area contributed by atoms with Gasteiger partial charge in [-0.05, 0) is 73.6 Å². The van der Waals surface area contributed by atoms with E-state index in [2.05, 4.69) is 42.0 Å². The molecule has 0 aliphatic carbocycles. The Kier molecular flexibility index (Phi) is 4.35. The van der Waals surface area contributed by atoms with Gasteiger partial charge in [-0.2, -0.15) is 0 Å². The number of rotatable bonds is 3. The summed E-state index contributed by atoms with van der Waals surface area (Å²) in [5.74, 6) is 0.461. The van der Waals surface area contributed by atoms with E-state index in [9.17, 15) is 4.39 Å². The van der Waals surface area contributed by atoms with Gasteiger partial charge in [-0.1, -0.05) is 19.9 Å². The van der Waals surface area contributed by atoms with Gasteiger partial charge >= 0.3 is 0 Å². The molecule has 3 heteroatoms. The van der Waals surface area contributed by atoms with Crippen LogP contribution in [0.3, 0.4) is 0 Å². The van der Waals surface area contributed by atoms with Gasteiger partial charge in [0.2, 0.25) is 0 Å². The van der Waals surface area contributed by atoms with Gasteiger partial charge in [0.1, 0.15) is 12.1 Å². The fourth-order valence-corrected chi connectivity index (χ4v) is 3.21. The first kappa shape index (κ1) is 16.6. The maximum atomic E-state index is 14.2. The van der Waals surface area contributed by atoms with Crippen molar-refractivity contribution < 1.29 is 4.39 Å². The topological polar surface area (TPSA) is 25.8 Å². The number of hydrogen-bond acceptors (Lipinski definition) is 2. The van der Waals surface area contributed by atoms with Gasteiger partial charge in [0, 0.05) is 10.9 Å². The molecule has 3 aromatic rings. The number of aryl methyl sites for hydroxylation is 1. The Hall–Kier alpha value is -2.29. The van der Waals surface area contributed by atoms with E-state index in [1.165, 1.54) is 5.56 Å². The van der Waals surface area contributed by atoms with Gasteiger partial charge in [0.15, 0.2) is 0 Å². The van der Waals surface area contributed by atoms with Crippen LogP contribution < -0.4 is 0 Å². The SMILES string of the molecule is Cc1cc(-c2ncnc3ccc(CC(C)C)cc23)c(C)c(C)c1F. The lowest BCUT2D eigenvalue weighted by molar-refractivity contribution is 0.608. The molecule has 0 saturated carbocycles. The molecule has 0 bridgehead atoms. The van der Waals surface area contributed by atoms with Crippen LogP contribution in [0.5, 0.6) is 0 Å². The summed E-state index contributed by atoms with van der Waals surface area (Å²) in [4.78, 5) is 8.93. The molecule has 0 spiro atoms. The van der Waals surface area contributed by atoms with Crippen LogP contribution in [-0.2, 0) is 6.42 Å². The highest BCUT2D eigenvalue weighted by atomic mass is 19.1. The van der Waals surface area contributed by atoms with Crippen LogP contribution in [0.15, 0.2) is 30.6 Å². The van der Waals surface area contributed by atoms with Crippen molar-refractivity contribution in [3.8, 4) is 11.3 Å². The number of halogens is 1. The minimum absolute atomic E-state index is 0.130. The van der Waals surface area contributed by atoms with Crippen LogP contribution >= 0.6 is 0 Å². The lowest BCUT2D eigenvalue weighted by Gasteiger charge is -2.14. The van der Waals surface area contributed by atoms with Crippen LogP contribution in [0.25, 0.3) is 22.2 Å². The zero-order valence-corrected chi connectivity index (χ0v) is 14.9. The second-order valence-electron chi connectivity index (χ2n) is 6.98. The van der Waals surface area contributed by atoms with Crippen molar-refractivity contribution in [1.82, 2.24) is 9.97 Å². The van der Waals surface area contributed by atoms with Crippen molar-refractivity contribution >= 4 is 10.9 Å². The fraction of sp³-hybridized carbons (Fsp3) is 0.333. The molecule has 124 valence electrons. The van der Waals surface area contributed by atoms with E-state index in [0.717, 1.165) is 34.1 Å². The monoisotopic (exact) mass is 322 g/mol. The minimum Gasteiger partial charge on any atom is -0.236 e. The van der Waals surface area contributed by atoms with Crippen molar-refractivity contribution in [2.45, 2.75) is 41.0 Å². The van der Waals surface area contributed by atoms with Gasteiger partial charge < -0.3 is 0 Å². The Morgan fingerprint density at radius 3 is 2.46 bits per heavy atom. The van der Waals surface area contributed by atoms with E-state index in [1.54, 1.807) is 13.3 Å². The van der Waals surface area contributed by atoms with Crippen LogP contribution in [0.1, 0.15) is 36.1 Å². The Morgan fingerprint density at radius 2 is 1.75 bits per heavy atom. The summed E-state index contributed by atoms with van der Waals surface area (Å²) < 4.78 is 14.2. The Labute approximate surface area is 142 Å². The molecule has 1 aromatic heterocycles. The maximum Gasteiger partial charge on any atom is 0.129 e. The summed E-state index contributed by atoms with van der Waals surface area (Å²) >= 11 is 0. The fourth-order valence-electron chi connectivity index (χ4n) is 3.21. The van der Waals surface area contributed by atoms with Crippen LogP contribution in [-0.4, -0.2) is 9.97 Å². The van der Waals surface area contributed by atoms with Gasteiger partial charge in [-0.25, -0.2) is 14.4 Å². The number of fused-ring (bicyclic) bond motifs is 1. The molecule has 0 unspecified atom stereocenters. The molecule has 2 aromatic carbocycles. The van der Waals surface area contributed by atoms with Crippen molar-refractivity contribution in [3.05, 3.63) is 58.7 Å². The first-order chi connectivity index (χ1) is 11.4. The largest absolute Gasteiger partial charge is 0.236 e. The van der Waals surface area contributed by atoms with E-state index >= 15 is 0 Å². The van der Waals surface area contributed by atoms with Gasteiger partial charge in [0.05, 0.1) is 11.2 Å². The molecule has 0 aliphatic heterocycles. The smallest absolute Gasteiger partial charge is 0.129 e. The predicted octanol–water partition coefficient (Wildman–Crippen LogP) is 5.56. The lowest BCUT2D eigenvalue weighted by atomic mass is 9.94. The molecule has 0 atom stereocenters. The molecule has 0 N–H and O–H groups in total. The first-order valence-corrected chi connectivity index (χ1v) is 8.38. The van der Waals surface area contributed by atoms with Gasteiger partial charge in [0.25, 0.3) is 0 Å². The second-order valence-corrected chi connectivity index (χ2v) is 6.98. The van der Waals surface area contributed by atoms with E-state index in [0.29, 0.717) is 17.0 Å². The summed E-state index contributed by atoms with van der Waals surface area (Å²) in [6, 6.07) is 8.26. The van der Waals surface area contributed by atoms with Gasteiger partial charge in [-0.15, -0.1) is 0 Å². The molecular formula is C21H23FN2. The van der Waals surface area contributed by atoms with E-state index in [1.807, 2.05) is 19.9 Å². The van der Waals surface area contributed by atoms with Crippen LogP contribution in [0.2, 0.25) is 0 Å². The maximum absolute atomic E-state index is 14.2. The summed E-state index contributed by atoms with van der Waals surface area (Å²) in [6.07, 6.45) is 2.61. The third-order valence-electron chi connectivity index (χ3n) is 4.60. The highest BCUT2D eigenvalue weighted by Crippen LogP contribution is 2.32. The van der Waals surface area contributed by atoms with Crippen molar-refractivity contribution in [2.75, 3.05) is 0 Å². The van der Waals surface area contributed by atoms with E-state index in [4.69, 9.17) is 0 Å². The first-order valence-electron chi connectivity index (χ1n) is 8.38. The van der Waals surface area contributed by atoms with Gasteiger partial charge in [-0.3, -0.25) is 0 Å². The quantitative estimate of drug-likeness (QED) is 0.631. The zero-order chi connectivity index (χ0) is 17.4. The van der Waals surface area contributed by atoms with Crippen molar-refractivity contribution in [1.29, 1.82) is 0 Å². The number of nitrogens with zero attached hydrogens (tertiary/aromatic N) is 2. The molecular weight excluding hydrogens is 299 g/mol. The molecule has 0 aliphatic rings. The summed E-state index contributed by atoms with van der Waals surface area (Å²) in [6.45, 7) is 10.0. The molecule has 24 heavy (non-hydrogen) atoms. The highest BCUT2D eigenvalue weighted by Gasteiger charge is 2.15. The Balaban J connectivity index is 2.26. The van der Waals surface area contributed by atoms with Crippen LogP contribution in [0, 0.1) is 32.5 Å². The second kappa shape index (κ2) is 6.31. The van der Waals surface area contributed by atoms with Crippen molar-refractivity contribution in [2.24, 2.45) is 5.92 Å². The van der Waals surface area contributed by atoms with Crippen molar-refractivity contribution in [3.63, 3.8) is 0 Å². The Morgan fingerprint density at radius 1 is 1.00 bits per heavy atom. The summed E-state index contributed by atoms with van der Waals surface area (Å²) in [5, 5.41) is 1.03. The molecule has 3 rings (SSSR count). The van der Waals surface area contributed by atoms with E-state index < -0.39 is 0 Å². The summed E-state index contributed by atoms with van der Waals surface area (Å²) in [5.41, 5.74) is 6.35.